The van der Waals surface area contributed by atoms with Crippen LogP contribution in [0.25, 0.3) is 10.4 Å². The first-order valence-corrected chi connectivity index (χ1v) is 9.03. The molecule has 3 N–H and O–H groups in total. The number of carbonyl (C=O) groups excluding carboxylic acids is 1. The number of hydrogen-bond donors (Lipinski definition) is 3. The van der Waals surface area contributed by atoms with Crippen molar-refractivity contribution >= 4 is 23.7 Å². The maximum atomic E-state index is 12.9. The van der Waals surface area contributed by atoms with E-state index >= 15 is 0 Å². The summed E-state index contributed by atoms with van der Waals surface area (Å²) in [5, 5.41) is 19.1. The fourth-order valence-electron chi connectivity index (χ4n) is 3.21. The summed E-state index contributed by atoms with van der Waals surface area (Å²) < 4.78 is 0. The van der Waals surface area contributed by atoms with Gasteiger partial charge in [-0.05, 0) is 25.3 Å². The number of piperazine rings is 1. The van der Waals surface area contributed by atoms with Crippen LogP contribution in [0.3, 0.4) is 0 Å². The predicted octanol–water partition coefficient (Wildman–Crippen LogP) is 2.32. The zero-order valence-electron chi connectivity index (χ0n) is 13.6. The van der Waals surface area contributed by atoms with Crippen molar-refractivity contribution in [3.05, 3.63) is 41.2 Å². The molecule has 25 heavy (non-hydrogen) atoms. The van der Waals surface area contributed by atoms with E-state index in [1.54, 1.807) is 17.5 Å². The molecule has 1 unspecified atom stereocenters. The van der Waals surface area contributed by atoms with Gasteiger partial charge < -0.3 is 15.3 Å². The van der Waals surface area contributed by atoms with Gasteiger partial charge in [0.2, 0.25) is 0 Å². The molecule has 0 aromatic carbocycles. The van der Waals surface area contributed by atoms with Crippen LogP contribution in [0.5, 0.6) is 0 Å². The number of carbonyl (C=O) groups is 2. The second kappa shape index (κ2) is 8.09. The summed E-state index contributed by atoms with van der Waals surface area (Å²) in [5.74, 6) is 0.116. The van der Waals surface area contributed by atoms with Crippen molar-refractivity contribution in [1.82, 2.24) is 20.4 Å². The highest BCUT2D eigenvalue weighted by molar-refractivity contribution is 7.13. The number of rotatable bonds is 2. The summed E-state index contributed by atoms with van der Waals surface area (Å²) in [6, 6.07) is 2.32. The molecule has 1 aliphatic heterocycles. The monoisotopic (exact) mass is 360 g/mol. The molecule has 0 spiro atoms. The van der Waals surface area contributed by atoms with Crippen LogP contribution in [0.4, 0.5) is 0 Å². The number of aromatic amines is 1. The number of aromatic nitrogens is 2. The van der Waals surface area contributed by atoms with Gasteiger partial charge in [-0.25, -0.2) is 0 Å². The lowest BCUT2D eigenvalue weighted by atomic mass is 9.96. The summed E-state index contributed by atoms with van der Waals surface area (Å²) in [4.78, 5) is 24.3. The Kier molecular flexibility index (Phi) is 5.62. The minimum Gasteiger partial charge on any atom is -0.483 e. The SMILES string of the molecule is O=C(c1csc(-c2cn[nH]c2)c1)N1CCNC2CCCC=C21.O=CO. The summed E-state index contributed by atoms with van der Waals surface area (Å²) in [5.41, 5.74) is 2.96. The Morgan fingerprint density at radius 1 is 1.48 bits per heavy atom. The minimum absolute atomic E-state index is 0.116. The van der Waals surface area contributed by atoms with Gasteiger partial charge in [-0.2, -0.15) is 5.10 Å². The van der Waals surface area contributed by atoms with E-state index in [0.29, 0.717) is 6.04 Å². The maximum absolute atomic E-state index is 12.9. The Balaban J connectivity index is 0.000000569. The van der Waals surface area contributed by atoms with E-state index in [-0.39, 0.29) is 12.4 Å². The smallest absolute Gasteiger partial charge is 0.290 e. The highest BCUT2D eigenvalue weighted by atomic mass is 32.1. The second-order valence-electron chi connectivity index (χ2n) is 5.82. The number of H-pyrrole nitrogens is 1. The summed E-state index contributed by atoms with van der Waals surface area (Å²) in [6.07, 6.45) is 9.25. The molecule has 8 heteroatoms. The topological polar surface area (TPSA) is 98.3 Å². The number of hydrogen-bond acceptors (Lipinski definition) is 5. The Bertz CT molecular complexity index is 754. The predicted molar refractivity (Wildman–Crippen MR) is 95.4 cm³/mol. The lowest BCUT2D eigenvalue weighted by molar-refractivity contribution is -0.122. The zero-order chi connectivity index (χ0) is 17.6. The number of thiophene rings is 1. The standard InChI is InChI=1S/C16H18N4OS.CH2O2/c21-16(11-7-15(22-10-11)12-8-18-19-9-12)20-6-5-17-13-3-1-2-4-14(13)20;2-1-3/h4,7-10,13,17H,1-3,5-6H2,(H,18,19);1H,(H,2,3). The van der Waals surface area contributed by atoms with Crippen molar-refractivity contribution in [3.63, 3.8) is 0 Å². The molecule has 0 bridgehead atoms. The van der Waals surface area contributed by atoms with Crippen molar-refractivity contribution in [1.29, 1.82) is 0 Å². The van der Waals surface area contributed by atoms with Crippen LogP contribution in [-0.4, -0.2) is 51.7 Å². The number of amides is 1. The van der Waals surface area contributed by atoms with Crippen LogP contribution in [0, 0.1) is 0 Å². The van der Waals surface area contributed by atoms with Crippen LogP contribution in [0.1, 0.15) is 29.6 Å². The van der Waals surface area contributed by atoms with Crippen molar-refractivity contribution in [3.8, 4) is 10.4 Å². The van der Waals surface area contributed by atoms with Gasteiger partial charge in [0.1, 0.15) is 0 Å². The molecule has 1 amide bonds. The number of carboxylic acid groups (broad SMARTS) is 1. The molecular formula is C17H20N4O3S. The molecule has 132 valence electrons. The maximum Gasteiger partial charge on any atom is 0.290 e. The quantitative estimate of drug-likeness (QED) is 0.714. The molecule has 1 saturated heterocycles. The lowest BCUT2D eigenvalue weighted by Crippen LogP contribution is -2.51. The zero-order valence-corrected chi connectivity index (χ0v) is 14.5. The van der Waals surface area contributed by atoms with Gasteiger partial charge in [0.15, 0.2) is 0 Å². The number of allylic oxidation sites excluding steroid dienone is 1. The Morgan fingerprint density at radius 3 is 3.08 bits per heavy atom. The molecule has 1 fully saturated rings. The van der Waals surface area contributed by atoms with Crippen LogP contribution in [0.15, 0.2) is 35.6 Å². The van der Waals surface area contributed by atoms with Gasteiger partial charge in [-0.15, -0.1) is 11.3 Å². The third kappa shape index (κ3) is 3.80. The third-order valence-electron chi connectivity index (χ3n) is 4.32. The summed E-state index contributed by atoms with van der Waals surface area (Å²) >= 11 is 1.59. The van der Waals surface area contributed by atoms with E-state index in [0.717, 1.165) is 41.9 Å². The first-order valence-electron chi connectivity index (χ1n) is 8.15. The van der Waals surface area contributed by atoms with Gasteiger partial charge in [0.05, 0.1) is 11.8 Å². The molecule has 1 aliphatic carbocycles. The molecule has 0 saturated carbocycles. The molecule has 3 heterocycles. The van der Waals surface area contributed by atoms with Crippen molar-refractivity contribution in [2.24, 2.45) is 0 Å². The fraction of sp³-hybridized carbons (Fsp3) is 0.353. The van der Waals surface area contributed by atoms with E-state index in [1.807, 2.05) is 22.5 Å². The molecule has 2 aromatic heterocycles. The van der Waals surface area contributed by atoms with Gasteiger partial charge in [0.25, 0.3) is 12.4 Å². The van der Waals surface area contributed by atoms with Crippen molar-refractivity contribution < 1.29 is 14.7 Å². The van der Waals surface area contributed by atoms with E-state index in [2.05, 4.69) is 21.6 Å². The second-order valence-corrected chi connectivity index (χ2v) is 6.73. The van der Waals surface area contributed by atoms with Crippen LogP contribution in [-0.2, 0) is 4.79 Å². The van der Waals surface area contributed by atoms with E-state index in [4.69, 9.17) is 9.90 Å². The van der Waals surface area contributed by atoms with E-state index < -0.39 is 0 Å². The largest absolute Gasteiger partial charge is 0.483 e. The van der Waals surface area contributed by atoms with Crippen LogP contribution in [0.2, 0.25) is 0 Å². The molecule has 2 aromatic rings. The summed E-state index contributed by atoms with van der Waals surface area (Å²) in [7, 11) is 0. The average molecular weight is 360 g/mol. The third-order valence-corrected chi connectivity index (χ3v) is 5.30. The first-order chi connectivity index (χ1) is 12.2. The van der Waals surface area contributed by atoms with Gasteiger partial charge >= 0.3 is 0 Å². The van der Waals surface area contributed by atoms with Gasteiger partial charge in [-0.3, -0.25) is 14.7 Å². The van der Waals surface area contributed by atoms with Crippen molar-refractivity contribution in [2.75, 3.05) is 13.1 Å². The Hall–Kier alpha value is -2.45. The first kappa shape index (κ1) is 17.4. The summed E-state index contributed by atoms with van der Waals surface area (Å²) in [6.45, 7) is 1.37. The van der Waals surface area contributed by atoms with Gasteiger partial charge in [-0.1, -0.05) is 6.08 Å². The highest BCUT2D eigenvalue weighted by Crippen LogP contribution is 2.30. The van der Waals surface area contributed by atoms with Crippen LogP contribution < -0.4 is 5.32 Å². The molecule has 4 rings (SSSR count). The number of nitrogens with one attached hydrogen (secondary N) is 2. The van der Waals surface area contributed by atoms with E-state index in [1.165, 1.54) is 12.1 Å². The lowest BCUT2D eigenvalue weighted by Gasteiger charge is -2.38. The highest BCUT2D eigenvalue weighted by Gasteiger charge is 2.30. The fourth-order valence-corrected chi connectivity index (χ4v) is 4.07. The molecule has 0 radical (unpaired) electrons. The average Bonchev–Trinajstić information content (AvgIpc) is 3.32. The molecule has 2 aliphatic rings. The molecule has 7 nitrogen and oxygen atoms in total. The van der Waals surface area contributed by atoms with Gasteiger partial charge in [0, 0.05) is 46.8 Å². The number of nitrogens with zero attached hydrogens (tertiary/aromatic N) is 2. The van der Waals surface area contributed by atoms with Crippen molar-refractivity contribution in [2.45, 2.75) is 25.3 Å². The van der Waals surface area contributed by atoms with E-state index in [9.17, 15) is 4.79 Å². The van der Waals surface area contributed by atoms with Crippen LogP contribution >= 0.6 is 11.3 Å². The number of fused-ring (bicyclic) bond motifs is 1. The Labute approximate surface area is 149 Å². The normalized spacial score (nSPS) is 19.3. The minimum atomic E-state index is -0.250. The molecule has 1 atom stereocenters. The Morgan fingerprint density at radius 2 is 2.32 bits per heavy atom. The molecular weight excluding hydrogens is 340 g/mol.